The van der Waals surface area contributed by atoms with Crippen molar-refractivity contribution in [2.75, 3.05) is 13.1 Å². The molecule has 1 unspecified atom stereocenters. The predicted molar refractivity (Wildman–Crippen MR) is 137 cm³/mol. The molecule has 9 heteroatoms. The molecule has 2 aliphatic rings. The van der Waals surface area contributed by atoms with Crippen LogP contribution in [0.25, 0.3) is 0 Å². The van der Waals surface area contributed by atoms with E-state index in [1.165, 1.54) is 15.9 Å². The van der Waals surface area contributed by atoms with E-state index in [4.69, 9.17) is 28.9 Å². The van der Waals surface area contributed by atoms with Crippen molar-refractivity contribution in [3.05, 3.63) is 68.7 Å². The van der Waals surface area contributed by atoms with Crippen molar-refractivity contribution in [1.29, 1.82) is 0 Å². The lowest BCUT2D eigenvalue weighted by Crippen LogP contribution is -2.56. The number of nitrogens with two attached hydrogens (primary N) is 1. The van der Waals surface area contributed by atoms with E-state index in [2.05, 4.69) is 5.32 Å². The van der Waals surface area contributed by atoms with Gasteiger partial charge in [-0.05, 0) is 81.0 Å². The molecule has 186 valence electrons. The number of amides is 3. The lowest BCUT2D eigenvalue weighted by Gasteiger charge is -2.33. The lowest BCUT2D eigenvalue weighted by molar-refractivity contribution is -0.129. The molecule has 1 aliphatic heterocycles. The van der Waals surface area contributed by atoms with Gasteiger partial charge in [-0.15, -0.1) is 0 Å². The van der Waals surface area contributed by atoms with Gasteiger partial charge in [0, 0.05) is 36.3 Å². The van der Waals surface area contributed by atoms with Crippen LogP contribution in [0.15, 0.2) is 36.4 Å². The Morgan fingerprint density at radius 1 is 0.829 bits per heavy atom. The van der Waals surface area contributed by atoms with Crippen molar-refractivity contribution >= 4 is 40.9 Å². The summed E-state index contributed by atoms with van der Waals surface area (Å²) in [6.07, 6.45) is 2.12. The van der Waals surface area contributed by atoms with Gasteiger partial charge in [0.15, 0.2) is 6.17 Å². The minimum atomic E-state index is -1.07. The van der Waals surface area contributed by atoms with Crippen LogP contribution in [0.2, 0.25) is 10.0 Å². The van der Waals surface area contributed by atoms with Gasteiger partial charge in [-0.2, -0.15) is 0 Å². The first-order valence-corrected chi connectivity index (χ1v) is 12.6. The van der Waals surface area contributed by atoms with E-state index in [-0.39, 0.29) is 47.9 Å². The van der Waals surface area contributed by atoms with Crippen LogP contribution in [0, 0.1) is 13.8 Å². The fourth-order valence-corrected chi connectivity index (χ4v) is 5.01. The van der Waals surface area contributed by atoms with Crippen LogP contribution in [0.5, 0.6) is 0 Å². The zero-order chi connectivity index (χ0) is 25.3. The Morgan fingerprint density at radius 3 is 1.97 bits per heavy atom. The number of rotatable bonds is 4. The number of nitrogens with one attached hydrogen (secondary N) is 1. The molecule has 3 amide bonds. The molecular weight excluding hydrogens is 487 g/mol. The number of hydrogen-bond acceptors (Lipinski definition) is 4. The summed E-state index contributed by atoms with van der Waals surface area (Å²) in [6.45, 7) is 4.38. The fourth-order valence-electron chi connectivity index (χ4n) is 4.71. The largest absolute Gasteiger partial charge is 0.350 e. The van der Waals surface area contributed by atoms with E-state index in [1.54, 1.807) is 18.2 Å². The van der Waals surface area contributed by atoms with E-state index in [0.717, 1.165) is 36.8 Å². The van der Waals surface area contributed by atoms with Gasteiger partial charge in [0.05, 0.1) is 10.0 Å². The Balaban J connectivity index is 1.62. The van der Waals surface area contributed by atoms with E-state index in [1.807, 2.05) is 26.0 Å². The zero-order valence-electron chi connectivity index (χ0n) is 19.9. The van der Waals surface area contributed by atoms with Crippen LogP contribution in [0.4, 0.5) is 0 Å². The third kappa shape index (κ3) is 5.47. The summed E-state index contributed by atoms with van der Waals surface area (Å²) >= 11 is 12.2. The van der Waals surface area contributed by atoms with Crippen molar-refractivity contribution < 1.29 is 14.4 Å². The molecule has 1 atom stereocenters. The minimum absolute atomic E-state index is 0.0385. The van der Waals surface area contributed by atoms with Crippen LogP contribution in [-0.2, 0) is 4.79 Å². The third-order valence-electron chi connectivity index (χ3n) is 6.97. The van der Waals surface area contributed by atoms with Crippen molar-refractivity contribution in [2.24, 2.45) is 5.73 Å². The van der Waals surface area contributed by atoms with E-state index < -0.39 is 6.17 Å². The Hall–Kier alpha value is -2.61. The van der Waals surface area contributed by atoms with Gasteiger partial charge in [-0.1, -0.05) is 29.3 Å². The first kappa shape index (κ1) is 25.5. The summed E-state index contributed by atoms with van der Waals surface area (Å²) in [7, 11) is 0. The van der Waals surface area contributed by atoms with Crippen molar-refractivity contribution in [3.8, 4) is 0 Å². The van der Waals surface area contributed by atoms with Crippen LogP contribution >= 0.6 is 23.2 Å². The number of carbonyl (C=O) groups excluding carboxylic acids is 3. The van der Waals surface area contributed by atoms with E-state index in [0.29, 0.717) is 16.1 Å². The van der Waals surface area contributed by atoms with Crippen LogP contribution in [0.3, 0.4) is 0 Å². The summed E-state index contributed by atoms with van der Waals surface area (Å²) in [5.41, 5.74) is 8.86. The Labute approximate surface area is 215 Å². The van der Waals surface area contributed by atoms with Crippen LogP contribution < -0.4 is 11.1 Å². The van der Waals surface area contributed by atoms with Crippen molar-refractivity contribution in [2.45, 2.75) is 57.8 Å². The molecule has 0 spiro atoms. The number of carbonyl (C=O) groups is 3. The molecule has 0 radical (unpaired) electrons. The summed E-state index contributed by atoms with van der Waals surface area (Å²) in [5, 5.41) is 3.65. The van der Waals surface area contributed by atoms with Gasteiger partial charge in [-0.3, -0.25) is 14.4 Å². The van der Waals surface area contributed by atoms with E-state index in [9.17, 15) is 14.4 Å². The maximum absolute atomic E-state index is 13.6. The molecule has 3 N–H and O–H groups in total. The van der Waals surface area contributed by atoms with Crippen LogP contribution in [-0.4, -0.2) is 58.9 Å². The topological polar surface area (TPSA) is 95.7 Å². The normalized spacial score (nSPS) is 22.3. The molecule has 1 saturated heterocycles. The highest BCUT2D eigenvalue weighted by Gasteiger charge is 2.44. The maximum Gasteiger partial charge on any atom is 0.264 e. The average molecular weight is 517 g/mol. The molecule has 35 heavy (non-hydrogen) atoms. The molecule has 2 fully saturated rings. The van der Waals surface area contributed by atoms with Gasteiger partial charge in [0.25, 0.3) is 17.7 Å². The minimum Gasteiger partial charge on any atom is -0.350 e. The number of aryl methyl sites for hydroxylation is 2. The zero-order valence-corrected chi connectivity index (χ0v) is 21.4. The number of hydrogen-bond donors (Lipinski definition) is 2. The smallest absolute Gasteiger partial charge is 0.264 e. The number of halogens is 2. The average Bonchev–Trinajstić information content (AvgIpc) is 3.28. The Kier molecular flexibility index (Phi) is 7.69. The first-order chi connectivity index (χ1) is 16.7. The molecule has 1 aliphatic carbocycles. The molecule has 1 saturated carbocycles. The predicted octanol–water partition coefficient (Wildman–Crippen LogP) is 3.92. The molecule has 0 bridgehead atoms. The summed E-state index contributed by atoms with van der Waals surface area (Å²) in [4.78, 5) is 43.4. The van der Waals surface area contributed by atoms with Gasteiger partial charge in [-0.25, -0.2) is 0 Å². The highest BCUT2D eigenvalue weighted by atomic mass is 35.5. The van der Waals surface area contributed by atoms with Gasteiger partial charge < -0.3 is 20.9 Å². The highest BCUT2D eigenvalue weighted by Crippen LogP contribution is 2.27. The lowest BCUT2D eigenvalue weighted by atomic mass is 9.92. The van der Waals surface area contributed by atoms with Crippen LogP contribution in [0.1, 0.15) is 57.5 Å². The van der Waals surface area contributed by atoms with Gasteiger partial charge >= 0.3 is 0 Å². The molecule has 1 heterocycles. The monoisotopic (exact) mass is 516 g/mol. The fraction of sp³-hybridized carbons (Fsp3) is 0.423. The quantitative estimate of drug-likeness (QED) is 0.643. The standard InChI is InChI=1S/C26H30Cl2N4O3/c1-15-3-4-17(13-16(15)2)25(34)31-11-12-32(26(35)18-5-10-21(27)22(28)14-18)24(31)23(33)30-20-8-6-19(29)7-9-20/h3-5,10,13-14,19-20,24H,6-9,11-12,29H2,1-2H3,(H,30,33). The molecule has 4 rings (SSSR count). The second-order valence-corrected chi connectivity index (χ2v) is 10.2. The second-order valence-electron chi connectivity index (χ2n) is 9.42. The first-order valence-electron chi connectivity index (χ1n) is 11.9. The molecule has 7 nitrogen and oxygen atoms in total. The number of benzene rings is 2. The highest BCUT2D eigenvalue weighted by molar-refractivity contribution is 6.42. The maximum atomic E-state index is 13.6. The SMILES string of the molecule is Cc1ccc(C(=O)N2CCN(C(=O)c3ccc(Cl)c(Cl)c3)C2C(=O)NC2CCC(N)CC2)cc1C. The van der Waals surface area contributed by atoms with Gasteiger partial charge in [0.1, 0.15) is 0 Å². The van der Waals surface area contributed by atoms with Crippen molar-refractivity contribution in [3.63, 3.8) is 0 Å². The molecule has 2 aromatic carbocycles. The van der Waals surface area contributed by atoms with Gasteiger partial charge in [0.2, 0.25) is 0 Å². The third-order valence-corrected chi connectivity index (χ3v) is 7.71. The summed E-state index contributed by atoms with van der Waals surface area (Å²) in [6, 6.07) is 10.2. The Bertz CT molecular complexity index is 1080. The molecule has 0 aromatic heterocycles. The Morgan fingerprint density at radius 2 is 1.40 bits per heavy atom. The summed E-state index contributed by atoms with van der Waals surface area (Å²) in [5.74, 6) is -1.04. The summed E-state index contributed by atoms with van der Waals surface area (Å²) < 4.78 is 0. The molecular formula is C26H30Cl2N4O3. The van der Waals surface area contributed by atoms with Crippen molar-refractivity contribution in [1.82, 2.24) is 15.1 Å². The van der Waals surface area contributed by atoms with E-state index >= 15 is 0 Å². The second kappa shape index (κ2) is 10.6. The molecule has 2 aromatic rings. The number of nitrogens with zero attached hydrogens (tertiary/aromatic N) is 2.